The van der Waals surface area contributed by atoms with E-state index >= 15 is 0 Å². The molecular formula is C20H28N3O4+. The standard InChI is InChI=1S/C20H27N3O4/c1-14-5-3-4-8-20(14)18(24)23(19(25)21-20)13-22(2)12-15-6-7-16-17(11-15)27-10-9-26-16/h6-7,11,14H,3-5,8-10,12-13H2,1-2H3,(H,21,25)/p+1/t14-,20+/m1/s1. The lowest BCUT2D eigenvalue weighted by molar-refractivity contribution is -0.901. The van der Waals surface area contributed by atoms with Gasteiger partial charge in [0.25, 0.3) is 5.91 Å². The molecule has 1 aliphatic carbocycles. The summed E-state index contributed by atoms with van der Waals surface area (Å²) in [6, 6.07) is 5.65. The monoisotopic (exact) mass is 374 g/mol. The molecule has 146 valence electrons. The van der Waals surface area contributed by atoms with Crippen LogP contribution in [0.1, 0.15) is 38.2 Å². The van der Waals surface area contributed by atoms with Crippen LogP contribution in [0.5, 0.6) is 11.5 Å². The van der Waals surface area contributed by atoms with Crippen molar-refractivity contribution in [3.05, 3.63) is 23.8 Å². The molecule has 4 rings (SSSR count). The lowest BCUT2D eigenvalue weighted by Gasteiger charge is -2.36. The van der Waals surface area contributed by atoms with Crippen LogP contribution in [0.2, 0.25) is 0 Å². The quantitative estimate of drug-likeness (QED) is 0.769. The minimum absolute atomic E-state index is 0.0544. The summed E-state index contributed by atoms with van der Waals surface area (Å²) in [5.74, 6) is 1.66. The topological polar surface area (TPSA) is 72.3 Å². The Morgan fingerprint density at radius 1 is 1.22 bits per heavy atom. The molecule has 1 spiro atoms. The fraction of sp³-hybridized carbons (Fsp3) is 0.600. The van der Waals surface area contributed by atoms with Crippen LogP contribution in [0.3, 0.4) is 0 Å². The first-order valence-corrected chi connectivity index (χ1v) is 9.83. The average molecular weight is 374 g/mol. The number of imide groups is 1. The van der Waals surface area contributed by atoms with Crippen LogP contribution in [0.15, 0.2) is 18.2 Å². The Morgan fingerprint density at radius 3 is 2.78 bits per heavy atom. The molecule has 3 atom stereocenters. The fourth-order valence-electron chi connectivity index (χ4n) is 4.51. The van der Waals surface area contributed by atoms with E-state index in [1.165, 1.54) is 4.90 Å². The maximum Gasteiger partial charge on any atom is 0.329 e. The molecule has 2 N–H and O–H groups in total. The van der Waals surface area contributed by atoms with Gasteiger partial charge in [-0.3, -0.25) is 4.79 Å². The molecule has 7 nitrogen and oxygen atoms in total. The Labute approximate surface area is 159 Å². The second-order valence-corrected chi connectivity index (χ2v) is 8.05. The van der Waals surface area contributed by atoms with E-state index in [4.69, 9.17) is 9.47 Å². The Hall–Kier alpha value is -2.28. The Morgan fingerprint density at radius 2 is 2.00 bits per heavy atom. The first-order chi connectivity index (χ1) is 13.0. The van der Waals surface area contributed by atoms with E-state index < -0.39 is 5.54 Å². The van der Waals surface area contributed by atoms with Gasteiger partial charge in [-0.2, -0.15) is 0 Å². The van der Waals surface area contributed by atoms with Gasteiger partial charge < -0.3 is 19.7 Å². The van der Waals surface area contributed by atoms with Gasteiger partial charge in [0.05, 0.1) is 7.05 Å². The SMILES string of the molecule is C[C@@H]1CCCC[C@]12NC(=O)N(C[NH+](C)Cc1ccc3c(c1)OCCO3)C2=O. The van der Waals surface area contributed by atoms with Crippen molar-refractivity contribution in [1.82, 2.24) is 10.2 Å². The van der Waals surface area contributed by atoms with E-state index in [0.717, 1.165) is 47.6 Å². The largest absolute Gasteiger partial charge is 0.486 e. The Kier molecular flexibility index (Phi) is 4.72. The zero-order chi connectivity index (χ0) is 19.0. The second kappa shape index (κ2) is 7.03. The first-order valence-electron chi connectivity index (χ1n) is 9.83. The Balaban J connectivity index is 1.43. The van der Waals surface area contributed by atoms with Crippen molar-refractivity contribution in [1.29, 1.82) is 0 Å². The van der Waals surface area contributed by atoms with Gasteiger partial charge in [0.2, 0.25) is 0 Å². The van der Waals surface area contributed by atoms with Gasteiger partial charge in [-0.15, -0.1) is 0 Å². The van der Waals surface area contributed by atoms with Gasteiger partial charge in [0, 0.05) is 5.56 Å². The molecule has 0 aromatic heterocycles. The summed E-state index contributed by atoms with van der Waals surface area (Å²) in [6.45, 7) is 4.25. The van der Waals surface area contributed by atoms with E-state index in [2.05, 4.69) is 12.2 Å². The molecular weight excluding hydrogens is 346 g/mol. The number of nitrogens with one attached hydrogen (secondary N) is 2. The van der Waals surface area contributed by atoms with E-state index in [0.29, 0.717) is 26.4 Å². The third-order valence-corrected chi connectivity index (χ3v) is 6.04. The highest BCUT2D eigenvalue weighted by Gasteiger charge is 2.55. The minimum atomic E-state index is -0.688. The normalized spacial score (nSPS) is 28.4. The van der Waals surface area contributed by atoms with Crippen molar-refractivity contribution >= 4 is 11.9 Å². The smallest absolute Gasteiger partial charge is 0.329 e. The van der Waals surface area contributed by atoms with Crippen LogP contribution in [0.25, 0.3) is 0 Å². The van der Waals surface area contributed by atoms with Gasteiger partial charge in [0.15, 0.2) is 18.2 Å². The van der Waals surface area contributed by atoms with Gasteiger partial charge >= 0.3 is 6.03 Å². The number of rotatable bonds is 4. The highest BCUT2D eigenvalue weighted by atomic mass is 16.6. The van der Waals surface area contributed by atoms with Crippen molar-refractivity contribution in [3.8, 4) is 11.5 Å². The van der Waals surface area contributed by atoms with Crippen molar-refractivity contribution in [2.75, 3.05) is 26.9 Å². The summed E-state index contributed by atoms with van der Waals surface area (Å²) < 4.78 is 11.2. The summed E-state index contributed by atoms with van der Waals surface area (Å²) in [6.07, 6.45) is 3.85. The number of quaternary nitrogens is 1. The van der Waals surface area contributed by atoms with Crippen molar-refractivity contribution in [2.24, 2.45) is 5.92 Å². The molecule has 1 aromatic rings. The van der Waals surface area contributed by atoms with E-state index in [1.807, 2.05) is 25.2 Å². The number of amides is 3. The number of hydrogen-bond acceptors (Lipinski definition) is 4. The zero-order valence-corrected chi connectivity index (χ0v) is 16.0. The van der Waals surface area contributed by atoms with E-state index in [9.17, 15) is 9.59 Å². The molecule has 1 aromatic carbocycles. The molecule has 2 fully saturated rings. The number of nitrogens with zero attached hydrogens (tertiary/aromatic N) is 1. The van der Waals surface area contributed by atoms with Crippen LogP contribution >= 0.6 is 0 Å². The molecule has 0 bridgehead atoms. The van der Waals surface area contributed by atoms with Crippen LogP contribution in [-0.2, 0) is 11.3 Å². The van der Waals surface area contributed by atoms with Crippen LogP contribution < -0.4 is 19.7 Å². The van der Waals surface area contributed by atoms with Gasteiger partial charge in [-0.25, -0.2) is 9.69 Å². The van der Waals surface area contributed by atoms with Crippen molar-refractivity contribution < 1.29 is 24.0 Å². The molecule has 1 unspecified atom stereocenters. The molecule has 0 radical (unpaired) electrons. The number of ether oxygens (including phenoxy) is 2. The molecule has 2 heterocycles. The molecule has 3 aliphatic rings. The third-order valence-electron chi connectivity index (χ3n) is 6.04. The summed E-state index contributed by atoms with van der Waals surface area (Å²) in [5, 5.41) is 3.02. The predicted octanol–water partition coefficient (Wildman–Crippen LogP) is 0.931. The average Bonchev–Trinajstić information content (AvgIpc) is 2.89. The summed E-state index contributed by atoms with van der Waals surface area (Å²) in [5.41, 5.74) is 0.400. The summed E-state index contributed by atoms with van der Waals surface area (Å²) >= 11 is 0. The highest BCUT2D eigenvalue weighted by Crippen LogP contribution is 2.37. The Bertz CT molecular complexity index is 753. The molecule has 1 saturated carbocycles. The minimum Gasteiger partial charge on any atom is -0.486 e. The predicted molar refractivity (Wildman–Crippen MR) is 98.6 cm³/mol. The number of fused-ring (bicyclic) bond motifs is 1. The fourth-order valence-corrected chi connectivity index (χ4v) is 4.51. The van der Waals surface area contributed by atoms with Crippen LogP contribution in [0, 0.1) is 5.92 Å². The van der Waals surface area contributed by atoms with Gasteiger partial charge in [-0.1, -0.05) is 19.8 Å². The number of carbonyl (C=O) groups is 2. The maximum atomic E-state index is 13.1. The summed E-state index contributed by atoms with van der Waals surface area (Å²) in [4.78, 5) is 28.1. The number of benzene rings is 1. The molecule has 3 amide bonds. The highest BCUT2D eigenvalue weighted by molar-refractivity contribution is 6.07. The van der Waals surface area contributed by atoms with Gasteiger partial charge in [-0.05, 0) is 37.0 Å². The molecule has 1 saturated heterocycles. The molecule has 7 heteroatoms. The van der Waals surface area contributed by atoms with E-state index in [-0.39, 0.29) is 17.9 Å². The lowest BCUT2D eigenvalue weighted by atomic mass is 9.73. The van der Waals surface area contributed by atoms with Crippen molar-refractivity contribution in [2.45, 2.75) is 44.7 Å². The summed E-state index contributed by atoms with van der Waals surface area (Å²) in [7, 11) is 1.99. The second-order valence-electron chi connectivity index (χ2n) is 8.05. The first kappa shape index (κ1) is 18.1. The zero-order valence-electron chi connectivity index (χ0n) is 16.0. The van der Waals surface area contributed by atoms with Gasteiger partial charge in [0.1, 0.15) is 25.3 Å². The third kappa shape index (κ3) is 3.25. The number of urea groups is 1. The molecule has 27 heavy (non-hydrogen) atoms. The maximum absolute atomic E-state index is 13.1. The van der Waals surface area contributed by atoms with Crippen molar-refractivity contribution in [3.63, 3.8) is 0 Å². The van der Waals surface area contributed by atoms with Crippen LogP contribution in [-0.4, -0.2) is 49.3 Å². The van der Waals surface area contributed by atoms with E-state index in [1.54, 1.807) is 0 Å². The lowest BCUT2D eigenvalue weighted by Crippen LogP contribution is -3.09. The number of carbonyl (C=O) groups excluding carboxylic acids is 2. The molecule has 2 aliphatic heterocycles. The van der Waals surface area contributed by atoms with Crippen LogP contribution in [0.4, 0.5) is 4.79 Å². The number of hydrogen-bond donors (Lipinski definition) is 2.